The highest BCUT2D eigenvalue weighted by Gasteiger charge is 2.06. The Labute approximate surface area is 186 Å². The van der Waals surface area contributed by atoms with Crippen LogP contribution in [0, 0.1) is 10.5 Å². The van der Waals surface area contributed by atoms with E-state index in [9.17, 15) is 4.79 Å². The summed E-state index contributed by atoms with van der Waals surface area (Å²) in [5.41, 5.74) is 1.87. The highest BCUT2D eigenvalue weighted by Crippen LogP contribution is 2.27. The first kappa shape index (κ1) is 20.5. The lowest BCUT2D eigenvalue weighted by Crippen LogP contribution is -2.33. The Morgan fingerprint density at radius 2 is 2.07 bits per heavy atom. The average Bonchev–Trinajstić information content (AvgIpc) is 3.13. The lowest BCUT2D eigenvalue weighted by Gasteiger charge is -2.06. The van der Waals surface area contributed by atoms with Crippen molar-refractivity contribution in [3.8, 4) is 11.3 Å². The van der Waals surface area contributed by atoms with Crippen molar-refractivity contribution in [3.63, 3.8) is 0 Å². The summed E-state index contributed by atoms with van der Waals surface area (Å²) in [5.74, 6) is 1.39. The second-order valence-electron chi connectivity index (χ2n) is 5.80. The number of aromatic nitrogens is 1. The van der Waals surface area contributed by atoms with Crippen molar-refractivity contribution in [2.24, 2.45) is 0 Å². The molecule has 2 N–H and O–H groups in total. The van der Waals surface area contributed by atoms with Crippen molar-refractivity contribution in [2.45, 2.75) is 6.92 Å². The summed E-state index contributed by atoms with van der Waals surface area (Å²) in [7, 11) is 0. The molecule has 0 saturated carbocycles. The number of hydrogen-bond acceptors (Lipinski definition) is 4. The maximum Gasteiger partial charge on any atom is 0.250 e. The number of carbonyl (C=O) groups is 1. The standard InChI is InChI=1S/C20H15ClIN3O2S/c1-12-2-3-13(10-16(12)21)17-7-5-15(27-17)6-9-19(26)25-20(28)24-18-8-4-14(22)11-23-18/h2-11H,1H3,(H2,23,24,25,26,28)/b9-6+. The number of aryl methyl sites for hydroxylation is 1. The Hall–Kier alpha value is -2.23. The Balaban J connectivity index is 1.58. The maximum atomic E-state index is 12.0. The van der Waals surface area contributed by atoms with Crippen LogP contribution in [0.3, 0.4) is 0 Å². The topological polar surface area (TPSA) is 67.2 Å². The van der Waals surface area contributed by atoms with Crippen LogP contribution in [0.15, 0.2) is 59.2 Å². The second-order valence-corrected chi connectivity index (χ2v) is 7.87. The van der Waals surface area contributed by atoms with Crippen molar-refractivity contribution < 1.29 is 9.21 Å². The van der Waals surface area contributed by atoms with E-state index in [4.69, 9.17) is 28.2 Å². The van der Waals surface area contributed by atoms with Gasteiger partial charge in [-0.3, -0.25) is 10.1 Å². The zero-order chi connectivity index (χ0) is 20.1. The van der Waals surface area contributed by atoms with Gasteiger partial charge in [0, 0.05) is 26.4 Å². The molecule has 5 nitrogen and oxygen atoms in total. The molecule has 1 aromatic carbocycles. The SMILES string of the molecule is Cc1ccc(-c2ccc(/C=C/C(=O)NC(=S)Nc3ccc(I)cn3)o2)cc1Cl. The van der Waals surface area contributed by atoms with Crippen LogP contribution in [0.1, 0.15) is 11.3 Å². The minimum absolute atomic E-state index is 0.165. The summed E-state index contributed by atoms with van der Waals surface area (Å²) in [6.07, 6.45) is 4.61. The van der Waals surface area contributed by atoms with Crippen LogP contribution in [0.5, 0.6) is 0 Å². The number of furan rings is 1. The molecule has 2 heterocycles. The Morgan fingerprint density at radius 3 is 2.79 bits per heavy atom. The third-order valence-corrected chi connectivity index (χ3v) is 4.94. The predicted octanol–water partition coefficient (Wildman–Crippen LogP) is 5.43. The van der Waals surface area contributed by atoms with Gasteiger partial charge < -0.3 is 9.73 Å². The van der Waals surface area contributed by atoms with Gasteiger partial charge in [0.15, 0.2) is 5.11 Å². The van der Waals surface area contributed by atoms with Crippen molar-refractivity contribution in [2.75, 3.05) is 5.32 Å². The van der Waals surface area contributed by atoms with Crippen LogP contribution >= 0.6 is 46.4 Å². The molecule has 0 unspecified atom stereocenters. The van der Waals surface area contributed by atoms with Gasteiger partial charge in [0.25, 0.3) is 0 Å². The van der Waals surface area contributed by atoms with Gasteiger partial charge in [-0.05, 0) is 83.7 Å². The van der Waals surface area contributed by atoms with Crippen LogP contribution < -0.4 is 10.6 Å². The summed E-state index contributed by atoms with van der Waals surface area (Å²) in [6, 6.07) is 13.0. The molecule has 0 aliphatic carbocycles. The molecule has 0 atom stereocenters. The van der Waals surface area contributed by atoms with Crippen molar-refractivity contribution in [1.29, 1.82) is 0 Å². The number of thiocarbonyl (C=S) groups is 1. The molecule has 3 rings (SSSR count). The molecule has 28 heavy (non-hydrogen) atoms. The molecule has 0 aliphatic heterocycles. The monoisotopic (exact) mass is 523 g/mol. The van der Waals surface area contributed by atoms with Gasteiger partial charge in [-0.15, -0.1) is 0 Å². The molecular weight excluding hydrogens is 509 g/mol. The quantitative estimate of drug-likeness (QED) is 0.271. The molecule has 0 fully saturated rings. The minimum Gasteiger partial charge on any atom is -0.457 e. The zero-order valence-corrected chi connectivity index (χ0v) is 18.4. The van der Waals surface area contributed by atoms with E-state index in [0.717, 1.165) is 14.7 Å². The van der Waals surface area contributed by atoms with E-state index in [0.29, 0.717) is 22.4 Å². The summed E-state index contributed by atoms with van der Waals surface area (Å²) < 4.78 is 6.75. The number of nitrogens with one attached hydrogen (secondary N) is 2. The van der Waals surface area contributed by atoms with Gasteiger partial charge >= 0.3 is 0 Å². The molecule has 3 aromatic rings. The van der Waals surface area contributed by atoms with Gasteiger partial charge in [-0.25, -0.2) is 4.98 Å². The number of rotatable bonds is 4. The molecule has 142 valence electrons. The first-order valence-electron chi connectivity index (χ1n) is 8.19. The summed E-state index contributed by atoms with van der Waals surface area (Å²) >= 11 is 13.4. The summed E-state index contributed by atoms with van der Waals surface area (Å²) in [6.45, 7) is 1.94. The number of anilines is 1. The molecular formula is C20H15ClIN3O2S. The van der Waals surface area contributed by atoms with E-state index in [1.807, 2.05) is 37.3 Å². The molecule has 0 saturated heterocycles. The van der Waals surface area contributed by atoms with Gasteiger partial charge in [0.05, 0.1) is 0 Å². The largest absolute Gasteiger partial charge is 0.457 e. The number of hydrogen-bond donors (Lipinski definition) is 2. The summed E-state index contributed by atoms with van der Waals surface area (Å²) in [4.78, 5) is 16.2. The molecule has 8 heteroatoms. The van der Waals surface area contributed by atoms with Crippen molar-refractivity contribution in [1.82, 2.24) is 10.3 Å². The Bertz CT molecular complexity index is 1050. The van der Waals surface area contributed by atoms with Crippen LogP contribution in [0.25, 0.3) is 17.4 Å². The molecule has 0 aliphatic rings. The van der Waals surface area contributed by atoms with E-state index >= 15 is 0 Å². The number of halogens is 2. The zero-order valence-electron chi connectivity index (χ0n) is 14.7. The second kappa shape index (κ2) is 9.31. The number of carbonyl (C=O) groups excluding carboxylic acids is 1. The fraction of sp³-hybridized carbons (Fsp3) is 0.0500. The predicted molar refractivity (Wildman–Crippen MR) is 124 cm³/mol. The van der Waals surface area contributed by atoms with Crippen LogP contribution in [-0.4, -0.2) is 16.0 Å². The molecule has 1 amide bonds. The molecule has 0 bridgehead atoms. The van der Waals surface area contributed by atoms with Crippen molar-refractivity contribution in [3.05, 3.63) is 74.7 Å². The van der Waals surface area contributed by atoms with Crippen LogP contribution in [0.4, 0.5) is 5.82 Å². The molecule has 2 aromatic heterocycles. The fourth-order valence-corrected chi connectivity index (χ4v) is 2.96. The number of pyridine rings is 1. The highest BCUT2D eigenvalue weighted by molar-refractivity contribution is 14.1. The average molecular weight is 524 g/mol. The third kappa shape index (κ3) is 5.63. The maximum absolute atomic E-state index is 12.0. The van der Waals surface area contributed by atoms with E-state index in [2.05, 4.69) is 38.2 Å². The smallest absolute Gasteiger partial charge is 0.250 e. The normalized spacial score (nSPS) is 10.8. The third-order valence-electron chi connectivity index (χ3n) is 3.69. The fourth-order valence-electron chi connectivity index (χ4n) is 2.25. The van der Waals surface area contributed by atoms with Gasteiger partial charge in [0.1, 0.15) is 17.3 Å². The van der Waals surface area contributed by atoms with Gasteiger partial charge in [-0.2, -0.15) is 0 Å². The van der Waals surface area contributed by atoms with E-state index in [1.54, 1.807) is 24.4 Å². The minimum atomic E-state index is -0.376. The van der Waals surface area contributed by atoms with Crippen LogP contribution in [-0.2, 0) is 4.79 Å². The molecule has 0 radical (unpaired) electrons. The first-order chi connectivity index (χ1) is 13.4. The van der Waals surface area contributed by atoms with Gasteiger partial charge in [0.2, 0.25) is 5.91 Å². The lowest BCUT2D eigenvalue weighted by molar-refractivity contribution is -0.115. The van der Waals surface area contributed by atoms with Gasteiger partial charge in [-0.1, -0.05) is 23.7 Å². The van der Waals surface area contributed by atoms with E-state index < -0.39 is 0 Å². The van der Waals surface area contributed by atoms with Crippen molar-refractivity contribution >= 4 is 69.3 Å². The highest BCUT2D eigenvalue weighted by atomic mass is 127. The van der Waals surface area contributed by atoms with Crippen LogP contribution in [0.2, 0.25) is 5.02 Å². The van der Waals surface area contributed by atoms with E-state index in [-0.39, 0.29) is 11.0 Å². The lowest BCUT2D eigenvalue weighted by atomic mass is 10.1. The molecule has 0 spiro atoms. The van der Waals surface area contributed by atoms with E-state index in [1.165, 1.54) is 6.08 Å². The summed E-state index contributed by atoms with van der Waals surface area (Å²) in [5, 5.41) is 6.25. The number of nitrogens with zero attached hydrogens (tertiary/aromatic N) is 1. The number of benzene rings is 1. The first-order valence-corrected chi connectivity index (χ1v) is 10.0. The Morgan fingerprint density at radius 1 is 1.25 bits per heavy atom. The number of amides is 1. The Kier molecular flexibility index (Phi) is 6.82.